The number of aromatic nitrogens is 3. The number of halogens is 1. The fourth-order valence-electron chi connectivity index (χ4n) is 4.88. The Hall–Kier alpha value is -3.04. The average molecular weight is 479 g/mol. The number of anilines is 1. The van der Waals surface area contributed by atoms with E-state index in [0.29, 0.717) is 25.5 Å². The molecule has 1 aliphatic rings. The predicted molar refractivity (Wildman–Crippen MR) is 134 cm³/mol. The van der Waals surface area contributed by atoms with Crippen LogP contribution in [0, 0.1) is 0 Å². The molecular formula is C25H27ClN6O2. The highest BCUT2D eigenvalue weighted by atomic mass is 35.5. The van der Waals surface area contributed by atoms with Crippen molar-refractivity contribution in [1.82, 2.24) is 24.8 Å². The lowest BCUT2D eigenvalue weighted by Gasteiger charge is -2.44. The van der Waals surface area contributed by atoms with Crippen LogP contribution in [0.2, 0.25) is 5.02 Å². The monoisotopic (exact) mass is 478 g/mol. The third kappa shape index (κ3) is 4.63. The molecule has 9 heteroatoms. The van der Waals surface area contributed by atoms with Gasteiger partial charge in [-0.05, 0) is 42.0 Å². The first kappa shape index (κ1) is 22.7. The van der Waals surface area contributed by atoms with Gasteiger partial charge in [0.05, 0.1) is 18.2 Å². The van der Waals surface area contributed by atoms with Gasteiger partial charge in [-0.2, -0.15) is 0 Å². The van der Waals surface area contributed by atoms with E-state index in [9.17, 15) is 4.79 Å². The van der Waals surface area contributed by atoms with Crippen LogP contribution in [0.4, 0.5) is 5.82 Å². The number of H-pyrrole nitrogens is 1. The van der Waals surface area contributed by atoms with Gasteiger partial charge in [-0.25, -0.2) is 9.97 Å². The fraction of sp³-hybridized carbons (Fsp3) is 0.320. The summed E-state index contributed by atoms with van der Waals surface area (Å²) in [5, 5.41) is 2.63. The lowest BCUT2D eigenvalue weighted by molar-refractivity contribution is -0.118. The first-order valence-corrected chi connectivity index (χ1v) is 11.6. The van der Waals surface area contributed by atoms with Gasteiger partial charge >= 0.3 is 0 Å². The number of nitrogen functional groups attached to an aromatic ring is 1. The van der Waals surface area contributed by atoms with Crippen LogP contribution in [0.15, 0.2) is 48.8 Å². The van der Waals surface area contributed by atoms with E-state index in [0.717, 1.165) is 57.5 Å². The van der Waals surface area contributed by atoms with Gasteiger partial charge in [0.25, 0.3) is 0 Å². The molecule has 5 rings (SSSR count). The highest BCUT2D eigenvalue weighted by Crippen LogP contribution is 2.25. The van der Waals surface area contributed by atoms with Crippen molar-refractivity contribution in [2.45, 2.75) is 25.2 Å². The lowest BCUT2D eigenvalue weighted by atomic mass is 10.0. The van der Waals surface area contributed by atoms with Gasteiger partial charge in [-0.1, -0.05) is 17.7 Å². The number of carbonyl (C=O) groups excluding carboxylic acids is 1. The van der Waals surface area contributed by atoms with E-state index < -0.39 is 0 Å². The van der Waals surface area contributed by atoms with Crippen LogP contribution < -0.4 is 5.73 Å². The van der Waals surface area contributed by atoms with Crippen molar-refractivity contribution in [3.8, 4) is 0 Å². The van der Waals surface area contributed by atoms with Gasteiger partial charge in [-0.15, -0.1) is 0 Å². The van der Waals surface area contributed by atoms with Crippen LogP contribution in [0.3, 0.4) is 0 Å². The molecule has 8 nitrogen and oxygen atoms in total. The van der Waals surface area contributed by atoms with Crippen LogP contribution in [-0.2, 0) is 22.6 Å². The van der Waals surface area contributed by atoms with E-state index in [4.69, 9.17) is 22.1 Å². The SMILES string of the molecule is COCC1CN(Cc2cc3cc(Cl)ccc3[nH]2)CC(C=O)N1Cc1ccc2c(N)ncnc2c1. The minimum absolute atomic E-state index is 0.0685. The zero-order valence-corrected chi connectivity index (χ0v) is 19.7. The first-order chi connectivity index (χ1) is 16.5. The molecule has 2 aromatic carbocycles. The van der Waals surface area contributed by atoms with Gasteiger partial charge in [0.15, 0.2) is 0 Å². The lowest BCUT2D eigenvalue weighted by Crippen LogP contribution is -2.59. The molecule has 34 heavy (non-hydrogen) atoms. The number of benzene rings is 2. The second-order valence-electron chi connectivity index (χ2n) is 8.82. The van der Waals surface area contributed by atoms with Crippen molar-refractivity contribution >= 4 is 45.5 Å². The van der Waals surface area contributed by atoms with Crippen molar-refractivity contribution in [1.29, 1.82) is 0 Å². The number of nitrogens with two attached hydrogens (primary N) is 1. The molecule has 1 aliphatic heterocycles. The van der Waals surface area contributed by atoms with Crippen molar-refractivity contribution < 1.29 is 9.53 Å². The Balaban J connectivity index is 1.35. The summed E-state index contributed by atoms with van der Waals surface area (Å²) < 4.78 is 5.54. The second kappa shape index (κ2) is 9.68. The maximum Gasteiger partial charge on any atom is 0.138 e. The van der Waals surface area contributed by atoms with Crippen LogP contribution in [0.5, 0.6) is 0 Å². The molecule has 0 bridgehead atoms. The second-order valence-corrected chi connectivity index (χ2v) is 9.25. The molecule has 2 aromatic heterocycles. The van der Waals surface area contributed by atoms with Crippen molar-refractivity contribution in [3.63, 3.8) is 0 Å². The third-order valence-electron chi connectivity index (χ3n) is 6.45. The molecule has 0 amide bonds. The van der Waals surface area contributed by atoms with Crippen LogP contribution in [0.25, 0.3) is 21.8 Å². The van der Waals surface area contributed by atoms with E-state index in [-0.39, 0.29) is 12.1 Å². The Morgan fingerprint density at radius 1 is 1.18 bits per heavy atom. The molecule has 4 aromatic rings. The molecule has 2 atom stereocenters. The molecule has 2 unspecified atom stereocenters. The van der Waals surface area contributed by atoms with Crippen LogP contribution >= 0.6 is 11.6 Å². The quantitative estimate of drug-likeness (QED) is 0.393. The molecule has 0 radical (unpaired) electrons. The molecule has 3 N–H and O–H groups in total. The highest BCUT2D eigenvalue weighted by Gasteiger charge is 2.34. The molecular weight excluding hydrogens is 452 g/mol. The smallest absolute Gasteiger partial charge is 0.138 e. The number of hydrogen-bond donors (Lipinski definition) is 2. The number of fused-ring (bicyclic) bond motifs is 2. The number of piperazine rings is 1. The number of aldehydes is 1. The summed E-state index contributed by atoms with van der Waals surface area (Å²) in [6, 6.07) is 13.8. The highest BCUT2D eigenvalue weighted by molar-refractivity contribution is 6.31. The molecule has 1 saturated heterocycles. The van der Waals surface area contributed by atoms with Crippen LogP contribution in [-0.4, -0.2) is 69.9 Å². The fourth-order valence-corrected chi connectivity index (χ4v) is 5.06. The number of nitrogens with zero attached hydrogens (tertiary/aromatic N) is 4. The van der Waals surface area contributed by atoms with Gasteiger partial charge in [0.2, 0.25) is 0 Å². The number of hydrogen-bond acceptors (Lipinski definition) is 7. The average Bonchev–Trinajstić information content (AvgIpc) is 3.22. The van der Waals surface area contributed by atoms with Gasteiger partial charge in [-0.3, -0.25) is 9.80 Å². The molecule has 3 heterocycles. The number of ether oxygens (including phenoxy) is 1. The van der Waals surface area contributed by atoms with Gasteiger partial charge in [0, 0.05) is 66.3 Å². The maximum atomic E-state index is 12.2. The topological polar surface area (TPSA) is 100 Å². The molecule has 176 valence electrons. The normalized spacial score (nSPS) is 19.7. The number of carbonyl (C=O) groups is 1. The van der Waals surface area contributed by atoms with Crippen LogP contribution in [0.1, 0.15) is 11.3 Å². The number of aromatic amines is 1. The molecule has 0 saturated carbocycles. The van der Waals surface area contributed by atoms with E-state index in [1.165, 1.54) is 6.33 Å². The number of methoxy groups -OCH3 is 1. The van der Waals surface area contributed by atoms with E-state index >= 15 is 0 Å². The van der Waals surface area contributed by atoms with Gasteiger partial charge < -0.3 is 20.2 Å². The Morgan fingerprint density at radius 2 is 2.06 bits per heavy atom. The first-order valence-electron chi connectivity index (χ1n) is 11.2. The minimum atomic E-state index is -0.251. The zero-order valence-electron chi connectivity index (χ0n) is 18.9. The Bertz CT molecular complexity index is 1330. The summed E-state index contributed by atoms with van der Waals surface area (Å²) in [7, 11) is 1.70. The summed E-state index contributed by atoms with van der Waals surface area (Å²) in [5.41, 5.74) is 9.99. The largest absolute Gasteiger partial charge is 0.383 e. The minimum Gasteiger partial charge on any atom is -0.383 e. The zero-order chi connectivity index (χ0) is 23.7. The van der Waals surface area contributed by atoms with Crippen molar-refractivity contribution in [2.24, 2.45) is 0 Å². The predicted octanol–water partition coefficient (Wildman–Crippen LogP) is 3.25. The Kier molecular flexibility index (Phi) is 6.47. The number of rotatable bonds is 7. The van der Waals surface area contributed by atoms with Crippen molar-refractivity contribution in [3.05, 3.63) is 65.1 Å². The van der Waals surface area contributed by atoms with Crippen molar-refractivity contribution in [2.75, 3.05) is 32.5 Å². The maximum absolute atomic E-state index is 12.2. The summed E-state index contributed by atoms with van der Waals surface area (Å²) in [5.74, 6) is 0.465. The van der Waals surface area contributed by atoms with E-state index in [1.54, 1.807) is 7.11 Å². The standard InChI is InChI=1S/C25H27ClN6O2/c1-34-14-21-12-31(10-19-8-17-7-18(26)3-5-23(17)30-19)11-20(13-33)32(21)9-16-2-4-22-24(6-16)28-15-29-25(22)27/h2-8,13,15,20-21,30H,9-12,14H2,1H3,(H2,27,28,29). The molecule has 1 fully saturated rings. The Labute approximate surface area is 202 Å². The van der Waals surface area contributed by atoms with E-state index in [1.807, 2.05) is 36.4 Å². The Morgan fingerprint density at radius 3 is 2.88 bits per heavy atom. The van der Waals surface area contributed by atoms with E-state index in [2.05, 4.69) is 30.8 Å². The summed E-state index contributed by atoms with van der Waals surface area (Å²) in [6.07, 6.45) is 2.52. The molecule has 0 aliphatic carbocycles. The third-order valence-corrected chi connectivity index (χ3v) is 6.69. The number of nitrogens with one attached hydrogen (secondary N) is 1. The summed E-state index contributed by atoms with van der Waals surface area (Å²) in [4.78, 5) is 28.6. The summed E-state index contributed by atoms with van der Waals surface area (Å²) >= 11 is 6.14. The summed E-state index contributed by atoms with van der Waals surface area (Å²) in [6.45, 7) is 3.30. The van der Waals surface area contributed by atoms with Gasteiger partial charge in [0.1, 0.15) is 18.4 Å². The molecule has 0 spiro atoms.